The third-order valence-corrected chi connectivity index (χ3v) is 2.26. The lowest BCUT2D eigenvalue weighted by Crippen LogP contribution is -2.09. The van der Waals surface area contributed by atoms with Crippen LogP contribution in [0.15, 0.2) is 36.7 Å². The highest BCUT2D eigenvalue weighted by molar-refractivity contribution is 6.30. The maximum atomic E-state index is 5.84. The number of halogens is 1. The van der Waals surface area contributed by atoms with Crippen molar-refractivity contribution in [1.82, 2.24) is 10.2 Å². The lowest BCUT2D eigenvalue weighted by Gasteiger charge is -2.16. The summed E-state index contributed by atoms with van der Waals surface area (Å²) in [7, 11) is 5.55. The maximum Gasteiger partial charge on any atom is 0.142 e. The van der Waals surface area contributed by atoms with Gasteiger partial charge in [-0.25, -0.2) is 0 Å². The fourth-order valence-corrected chi connectivity index (χ4v) is 1.39. The van der Waals surface area contributed by atoms with E-state index in [1.807, 2.05) is 43.3 Å². The lowest BCUT2D eigenvalue weighted by atomic mass is 10.3. The van der Waals surface area contributed by atoms with Crippen LogP contribution in [0.25, 0.3) is 0 Å². The van der Waals surface area contributed by atoms with Gasteiger partial charge in [0.25, 0.3) is 0 Å². The Bertz CT molecular complexity index is 412. The molecule has 92 valence electrons. The molecule has 1 heterocycles. The quantitative estimate of drug-likeness (QED) is 0.895. The van der Waals surface area contributed by atoms with Gasteiger partial charge in [0.1, 0.15) is 5.75 Å². The highest BCUT2D eigenvalue weighted by atomic mass is 35.5. The van der Waals surface area contributed by atoms with Gasteiger partial charge in [-0.15, -0.1) is 0 Å². The number of methoxy groups -OCH3 is 1. The summed E-state index contributed by atoms with van der Waals surface area (Å²) in [6, 6.07) is 7.38. The lowest BCUT2D eigenvalue weighted by molar-refractivity contribution is 0.415. The molecule has 0 radical (unpaired) electrons. The number of nitrogens with one attached hydrogen (secondary N) is 1. The van der Waals surface area contributed by atoms with Crippen molar-refractivity contribution in [1.29, 1.82) is 0 Å². The molecule has 0 saturated carbocycles. The molecule has 0 aliphatic heterocycles. The fraction of sp³-hybridized carbons (Fsp3) is 0.250. The topological polar surface area (TPSA) is 41.1 Å². The Labute approximate surface area is 106 Å². The van der Waals surface area contributed by atoms with E-state index >= 15 is 0 Å². The molecule has 0 bridgehead atoms. The summed E-state index contributed by atoms with van der Waals surface area (Å²) in [5.74, 6) is 0.837. The van der Waals surface area contributed by atoms with Gasteiger partial charge < -0.3 is 9.64 Å². The van der Waals surface area contributed by atoms with Crippen LogP contribution in [0.1, 0.15) is 0 Å². The maximum absolute atomic E-state index is 5.84. The standard InChI is InChI=1S/C9H12ClNO.C3H4N2/c1-11(2)8-6-7(10)4-5-9(8)12-3;1-2-4-5-3-1/h4-6H,1-3H3;1-3H,(H,4,5). The van der Waals surface area contributed by atoms with Crippen molar-refractivity contribution < 1.29 is 4.74 Å². The molecule has 2 rings (SSSR count). The van der Waals surface area contributed by atoms with Crippen LogP contribution < -0.4 is 9.64 Å². The molecular formula is C12H16ClN3O. The first-order chi connectivity index (χ1) is 8.15. The van der Waals surface area contributed by atoms with Gasteiger partial charge in [-0.1, -0.05) is 11.6 Å². The smallest absolute Gasteiger partial charge is 0.142 e. The summed E-state index contributed by atoms with van der Waals surface area (Å²) in [6.45, 7) is 0. The van der Waals surface area contributed by atoms with Crippen molar-refractivity contribution in [2.45, 2.75) is 0 Å². The molecule has 0 amide bonds. The Balaban J connectivity index is 0.000000239. The van der Waals surface area contributed by atoms with E-state index in [4.69, 9.17) is 16.3 Å². The molecule has 1 aromatic carbocycles. The Morgan fingerprint density at radius 1 is 1.35 bits per heavy atom. The number of H-pyrrole nitrogens is 1. The van der Waals surface area contributed by atoms with Crippen molar-refractivity contribution in [3.05, 3.63) is 41.7 Å². The molecule has 0 spiro atoms. The molecule has 4 nitrogen and oxygen atoms in total. The summed E-state index contributed by atoms with van der Waals surface area (Å²) >= 11 is 5.84. The largest absolute Gasteiger partial charge is 0.495 e. The van der Waals surface area contributed by atoms with Crippen LogP contribution in [-0.4, -0.2) is 31.4 Å². The summed E-state index contributed by atoms with van der Waals surface area (Å²) in [5.41, 5.74) is 0.991. The second-order valence-corrected chi connectivity index (χ2v) is 3.91. The first kappa shape index (κ1) is 13.4. The van der Waals surface area contributed by atoms with Crippen molar-refractivity contribution in [3.63, 3.8) is 0 Å². The number of benzene rings is 1. The average molecular weight is 254 g/mol. The van der Waals surface area contributed by atoms with E-state index < -0.39 is 0 Å². The molecule has 2 aromatic rings. The van der Waals surface area contributed by atoms with Gasteiger partial charge in [-0.3, -0.25) is 5.10 Å². The molecule has 1 N–H and O–H groups in total. The minimum atomic E-state index is 0.722. The zero-order chi connectivity index (χ0) is 12.7. The first-order valence-electron chi connectivity index (χ1n) is 5.09. The summed E-state index contributed by atoms with van der Waals surface area (Å²) in [5, 5.41) is 6.93. The highest BCUT2D eigenvalue weighted by Gasteiger charge is 2.04. The second-order valence-electron chi connectivity index (χ2n) is 3.48. The van der Waals surface area contributed by atoms with Crippen LogP contribution >= 0.6 is 11.6 Å². The monoisotopic (exact) mass is 253 g/mol. The molecule has 0 saturated heterocycles. The van der Waals surface area contributed by atoms with Crippen molar-refractivity contribution >= 4 is 17.3 Å². The van der Waals surface area contributed by atoms with Gasteiger partial charge in [0.05, 0.1) is 12.8 Å². The van der Waals surface area contributed by atoms with E-state index in [1.165, 1.54) is 0 Å². The zero-order valence-corrected chi connectivity index (χ0v) is 10.9. The number of aromatic amines is 1. The Morgan fingerprint density at radius 2 is 2.12 bits per heavy atom. The van der Waals surface area contributed by atoms with Crippen LogP contribution in [0.3, 0.4) is 0 Å². The number of hydrogen-bond donors (Lipinski definition) is 1. The fourth-order valence-electron chi connectivity index (χ4n) is 1.23. The molecule has 0 aliphatic carbocycles. The number of hydrogen-bond acceptors (Lipinski definition) is 3. The van der Waals surface area contributed by atoms with Crippen LogP contribution in [0.2, 0.25) is 5.02 Å². The van der Waals surface area contributed by atoms with Crippen LogP contribution in [0, 0.1) is 0 Å². The van der Waals surface area contributed by atoms with Gasteiger partial charge in [0.15, 0.2) is 0 Å². The van der Waals surface area contributed by atoms with E-state index in [-0.39, 0.29) is 0 Å². The SMILES string of the molecule is COc1ccc(Cl)cc1N(C)C.c1cn[nH]c1. The van der Waals surface area contributed by atoms with E-state index in [0.29, 0.717) is 0 Å². The highest BCUT2D eigenvalue weighted by Crippen LogP contribution is 2.29. The first-order valence-corrected chi connectivity index (χ1v) is 5.47. The average Bonchev–Trinajstić information content (AvgIpc) is 2.87. The number of aromatic nitrogens is 2. The Hall–Kier alpha value is -1.68. The molecule has 0 atom stereocenters. The minimum Gasteiger partial charge on any atom is -0.495 e. The molecule has 0 aliphatic rings. The summed E-state index contributed by atoms with van der Waals surface area (Å²) < 4.78 is 5.16. The van der Waals surface area contributed by atoms with E-state index in [1.54, 1.807) is 19.5 Å². The second kappa shape index (κ2) is 6.81. The molecular weight excluding hydrogens is 238 g/mol. The summed E-state index contributed by atoms with van der Waals surface area (Å²) in [4.78, 5) is 1.96. The van der Waals surface area contributed by atoms with Crippen molar-refractivity contribution in [2.75, 3.05) is 26.1 Å². The molecule has 17 heavy (non-hydrogen) atoms. The van der Waals surface area contributed by atoms with Crippen LogP contribution in [0.4, 0.5) is 5.69 Å². The number of nitrogens with zero attached hydrogens (tertiary/aromatic N) is 2. The normalized spacial score (nSPS) is 9.18. The van der Waals surface area contributed by atoms with E-state index in [9.17, 15) is 0 Å². The van der Waals surface area contributed by atoms with Gasteiger partial charge in [0.2, 0.25) is 0 Å². The Kier molecular flexibility index (Phi) is 5.36. The van der Waals surface area contributed by atoms with E-state index in [2.05, 4.69) is 10.2 Å². The molecule has 0 unspecified atom stereocenters. The van der Waals surface area contributed by atoms with Gasteiger partial charge in [-0.05, 0) is 24.3 Å². The van der Waals surface area contributed by atoms with Gasteiger partial charge in [0, 0.05) is 31.5 Å². The number of rotatable bonds is 2. The van der Waals surface area contributed by atoms with Crippen LogP contribution in [-0.2, 0) is 0 Å². The van der Waals surface area contributed by atoms with Gasteiger partial charge in [-0.2, -0.15) is 5.10 Å². The van der Waals surface area contributed by atoms with Crippen molar-refractivity contribution in [3.8, 4) is 5.75 Å². The molecule has 0 fully saturated rings. The number of anilines is 1. The summed E-state index contributed by atoms with van der Waals surface area (Å²) in [6.07, 6.45) is 3.46. The minimum absolute atomic E-state index is 0.722. The predicted molar refractivity (Wildman–Crippen MR) is 70.9 cm³/mol. The third kappa shape index (κ3) is 4.36. The predicted octanol–water partition coefficient (Wildman–Crippen LogP) is 2.82. The zero-order valence-electron chi connectivity index (χ0n) is 10.1. The number of ether oxygens (including phenoxy) is 1. The van der Waals surface area contributed by atoms with E-state index in [0.717, 1.165) is 16.5 Å². The molecule has 1 aromatic heterocycles. The third-order valence-electron chi connectivity index (χ3n) is 2.03. The van der Waals surface area contributed by atoms with Crippen molar-refractivity contribution in [2.24, 2.45) is 0 Å². The van der Waals surface area contributed by atoms with Crippen LogP contribution in [0.5, 0.6) is 5.75 Å². The van der Waals surface area contributed by atoms with Gasteiger partial charge >= 0.3 is 0 Å². The molecule has 5 heteroatoms. The Morgan fingerprint density at radius 3 is 2.53 bits per heavy atom.